The van der Waals surface area contributed by atoms with Crippen molar-refractivity contribution in [2.24, 2.45) is 0 Å². The first-order valence-electron chi connectivity index (χ1n) is 6.67. The van der Waals surface area contributed by atoms with Crippen molar-refractivity contribution in [1.29, 1.82) is 0 Å². The summed E-state index contributed by atoms with van der Waals surface area (Å²) in [5, 5.41) is 3.41. The third-order valence-electron chi connectivity index (χ3n) is 3.34. The fourth-order valence-electron chi connectivity index (χ4n) is 2.37. The van der Waals surface area contributed by atoms with Crippen LogP contribution in [0.2, 0.25) is 0 Å². The van der Waals surface area contributed by atoms with E-state index in [1.165, 1.54) is 12.8 Å². The van der Waals surface area contributed by atoms with Gasteiger partial charge in [-0.25, -0.2) is 0 Å². The monoisotopic (exact) mass is 266 g/mol. The van der Waals surface area contributed by atoms with Gasteiger partial charge in [-0.15, -0.1) is 0 Å². The molecule has 106 valence electrons. The third-order valence-corrected chi connectivity index (χ3v) is 3.34. The third kappa shape index (κ3) is 3.78. The van der Waals surface area contributed by atoms with Crippen molar-refractivity contribution in [3.8, 4) is 5.88 Å². The van der Waals surface area contributed by atoms with E-state index in [0.717, 1.165) is 32.1 Å². The number of hydrogen-bond acceptors (Lipinski definition) is 6. The normalized spacial score (nSPS) is 18.8. The van der Waals surface area contributed by atoms with Gasteiger partial charge in [0.25, 0.3) is 0 Å². The predicted octanol–water partition coefficient (Wildman–Crippen LogP) is 0.690. The molecule has 6 nitrogen and oxygen atoms in total. The summed E-state index contributed by atoms with van der Waals surface area (Å²) >= 11 is 0. The fraction of sp³-hybridized carbons (Fsp3) is 0.692. The molecule has 0 bridgehead atoms. The highest BCUT2D eigenvalue weighted by atomic mass is 16.5. The van der Waals surface area contributed by atoms with Crippen LogP contribution in [0.1, 0.15) is 12.8 Å². The standard InChI is InChI=1S/C13H22N4O2/c1-18-7-5-14-8-11-4-3-6-17(11)12-9-15-10-13(16-12)19-2/h9-11,14H,3-8H2,1-2H3. The predicted molar refractivity (Wildman–Crippen MR) is 73.7 cm³/mol. The van der Waals surface area contributed by atoms with Crippen molar-refractivity contribution in [2.75, 3.05) is 45.4 Å². The number of methoxy groups -OCH3 is 2. The molecule has 0 radical (unpaired) electrons. The molecule has 1 atom stereocenters. The van der Waals surface area contributed by atoms with Crippen LogP contribution in [-0.4, -0.2) is 56.5 Å². The molecule has 19 heavy (non-hydrogen) atoms. The molecule has 1 fully saturated rings. The first-order chi connectivity index (χ1) is 9.35. The molecular weight excluding hydrogens is 244 g/mol. The largest absolute Gasteiger partial charge is 0.480 e. The van der Waals surface area contributed by atoms with Gasteiger partial charge in [0.2, 0.25) is 5.88 Å². The Hall–Kier alpha value is -1.40. The molecular formula is C13H22N4O2. The van der Waals surface area contributed by atoms with Gasteiger partial charge in [-0.05, 0) is 12.8 Å². The fourth-order valence-corrected chi connectivity index (χ4v) is 2.37. The Morgan fingerprint density at radius 2 is 2.32 bits per heavy atom. The highest BCUT2D eigenvalue weighted by Crippen LogP contribution is 2.24. The zero-order valence-electron chi connectivity index (χ0n) is 11.6. The van der Waals surface area contributed by atoms with Crippen LogP contribution in [0.5, 0.6) is 5.88 Å². The van der Waals surface area contributed by atoms with Crippen LogP contribution in [-0.2, 0) is 4.74 Å². The molecule has 2 rings (SSSR count). The van der Waals surface area contributed by atoms with E-state index in [2.05, 4.69) is 20.2 Å². The molecule has 2 heterocycles. The maximum atomic E-state index is 5.13. The van der Waals surface area contributed by atoms with Crippen LogP contribution in [0.15, 0.2) is 12.4 Å². The summed E-state index contributed by atoms with van der Waals surface area (Å²) in [5.74, 6) is 1.46. The Bertz CT molecular complexity index is 389. The molecule has 1 aliphatic heterocycles. The number of rotatable bonds is 7. The summed E-state index contributed by atoms with van der Waals surface area (Å²) in [7, 11) is 3.33. The van der Waals surface area contributed by atoms with Gasteiger partial charge in [-0.1, -0.05) is 0 Å². The number of nitrogens with zero attached hydrogens (tertiary/aromatic N) is 3. The van der Waals surface area contributed by atoms with Crippen molar-refractivity contribution in [1.82, 2.24) is 15.3 Å². The Labute approximate surface area is 114 Å². The number of anilines is 1. The molecule has 1 N–H and O–H groups in total. The minimum Gasteiger partial charge on any atom is -0.480 e. The van der Waals surface area contributed by atoms with Gasteiger partial charge in [0.1, 0.15) is 0 Å². The van der Waals surface area contributed by atoms with E-state index in [-0.39, 0.29) is 0 Å². The molecule has 0 aliphatic carbocycles. The van der Waals surface area contributed by atoms with Crippen molar-refractivity contribution in [3.63, 3.8) is 0 Å². The van der Waals surface area contributed by atoms with Gasteiger partial charge in [-0.2, -0.15) is 4.98 Å². The van der Waals surface area contributed by atoms with Crippen LogP contribution in [0, 0.1) is 0 Å². The zero-order chi connectivity index (χ0) is 13.5. The maximum Gasteiger partial charge on any atom is 0.233 e. The maximum absolute atomic E-state index is 5.13. The molecule has 1 saturated heterocycles. The SMILES string of the molecule is COCCNCC1CCCN1c1cncc(OC)n1. The minimum absolute atomic E-state index is 0.471. The van der Waals surface area contributed by atoms with Crippen LogP contribution in [0.25, 0.3) is 0 Å². The van der Waals surface area contributed by atoms with Gasteiger partial charge in [0, 0.05) is 32.8 Å². The smallest absolute Gasteiger partial charge is 0.233 e. The summed E-state index contributed by atoms with van der Waals surface area (Å²) in [4.78, 5) is 10.9. The lowest BCUT2D eigenvalue weighted by atomic mass is 10.2. The Balaban J connectivity index is 1.93. The zero-order valence-corrected chi connectivity index (χ0v) is 11.6. The molecule has 0 amide bonds. The van der Waals surface area contributed by atoms with E-state index in [1.807, 2.05) is 0 Å². The summed E-state index contributed by atoms with van der Waals surface area (Å²) in [6, 6.07) is 0.471. The number of aromatic nitrogens is 2. The molecule has 0 saturated carbocycles. The lowest BCUT2D eigenvalue weighted by molar-refractivity contribution is 0.199. The first kappa shape index (κ1) is 14.0. The molecule has 1 aromatic heterocycles. The molecule has 0 spiro atoms. The quantitative estimate of drug-likeness (QED) is 0.733. The van der Waals surface area contributed by atoms with Gasteiger partial charge in [0.15, 0.2) is 5.82 Å². The highest BCUT2D eigenvalue weighted by Gasteiger charge is 2.25. The molecule has 1 unspecified atom stereocenters. The van der Waals surface area contributed by atoms with Crippen LogP contribution in [0.3, 0.4) is 0 Å². The van der Waals surface area contributed by atoms with Gasteiger partial charge >= 0.3 is 0 Å². The van der Waals surface area contributed by atoms with Crippen molar-refractivity contribution in [2.45, 2.75) is 18.9 Å². The van der Waals surface area contributed by atoms with E-state index in [0.29, 0.717) is 11.9 Å². The summed E-state index contributed by atoms with van der Waals surface area (Å²) in [5.41, 5.74) is 0. The second kappa shape index (κ2) is 7.25. The van der Waals surface area contributed by atoms with Gasteiger partial charge < -0.3 is 19.7 Å². The average Bonchev–Trinajstić information content (AvgIpc) is 2.92. The van der Waals surface area contributed by atoms with E-state index < -0.39 is 0 Å². The number of ether oxygens (including phenoxy) is 2. The number of nitrogens with one attached hydrogen (secondary N) is 1. The van der Waals surface area contributed by atoms with E-state index in [4.69, 9.17) is 9.47 Å². The van der Waals surface area contributed by atoms with Crippen LogP contribution in [0.4, 0.5) is 5.82 Å². The molecule has 1 aromatic rings. The topological polar surface area (TPSA) is 59.5 Å². The second-order valence-electron chi connectivity index (χ2n) is 4.61. The van der Waals surface area contributed by atoms with Crippen molar-refractivity contribution >= 4 is 5.82 Å². The van der Waals surface area contributed by atoms with E-state index >= 15 is 0 Å². The van der Waals surface area contributed by atoms with Crippen LogP contribution >= 0.6 is 0 Å². The van der Waals surface area contributed by atoms with Crippen molar-refractivity contribution in [3.05, 3.63) is 12.4 Å². The van der Waals surface area contributed by atoms with E-state index in [9.17, 15) is 0 Å². The Kier molecular flexibility index (Phi) is 5.35. The highest BCUT2D eigenvalue weighted by molar-refractivity contribution is 5.40. The molecule has 6 heteroatoms. The minimum atomic E-state index is 0.471. The lowest BCUT2D eigenvalue weighted by Crippen LogP contribution is -2.39. The number of hydrogen-bond donors (Lipinski definition) is 1. The average molecular weight is 266 g/mol. The Morgan fingerprint density at radius 1 is 1.42 bits per heavy atom. The molecule has 0 aromatic carbocycles. The van der Waals surface area contributed by atoms with Gasteiger partial charge in [0.05, 0.1) is 26.1 Å². The second-order valence-corrected chi connectivity index (χ2v) is 4.61. The summed E-state index contributed by atoms with van der Waals surface area (Å²) in [6.45, 7) is 3.59. The molecule has 1 aliphatic rings. The Morgan fingerprint density at radius 3 is 3.11 bits per heavy atom. The first-order valence-corrected chi connectivity index (χ1v) is 6.67. The lowest BCUT2D eigenvalue weighted by Gasteiger charge is -2.25. The summed E-state index contributed by atoms with van der Waals surface area (Å²) < 4.78 is 10.2. The van der Waals surface area contributed by atoms with Crippen molar-refractivity contribution < 1.29 is 9.47 Å². The van der Waals surface area contributed by atoms with Gasteiger partial charge in [-0.3, -0.25) is 4.98 Å². The summed E-state index contributed by atoms with van der Waals surface area (Å²) in [6.07, 6.45) is 5.80. The van der Waals surface area contributed by atoms with E-state index in [1.54, 1.807) is 26.6 Å². The van der Waals surface area contributed by atoms with Crippen LogP contribution < -0.4 is 15.0 Å².